The highest BCUT2D eigenvalue weighted by Crippen LogP contribution is 2.25. The minimum atomic E-state index is -0.444. The number of aliphatic imine (C=N–C) groups is 1. The Balaban J connectivity index is 2.16. The number of hydrogen-bond donors (Lipinski definition) is 3. The third-order valence-electron chi connectivity index (χ3n) is 4.13. The molecule has 0 aliphatic heterocycles. The SMILES string of the molecule is CC(C)CCNC(=O)[C@H](CC(C)C)N=Cc1c(O)[nH]c2ccccc12. The van der Waals surface area contributed by atoms with Crippen LogP contribution in [0.1, 0.15) is 46.1 Å². The first-order valence-corrected chi connectivity index (χ1v) is 8.99. The zero-order valence-electron chi connectivity index (χ0n) is 15.5. The fourth-order valence-electron chi connectivity index (χ4n) is 2.73. The van der Waals surface area contributed by atoms with E-state index in [0.717, 1.165) is 17.3 Å². The average molecular weight is 343 g/mol. The van der Waals surface area contributed by atoms with E-state index in [1.165, 1.54) is 0 Å². The predicted octanol–water partition coefficient (Wildman–Crippen LogP) is 3.87. The third-order valence-corrected chi connectivity index (χ3v) is 4.13. The van der Waals surface area contributed by atoms with Crippen molar-refractivity contribution in [3.8, 4) is 5.88 Å². The van der Waals surface area contributed by atoms with Gasteiger partial charge in [-0.25, -0.2) is 0 Å². The van der Waals surface area contributed by atoms with E-state index in [2.05, 4.69) is 43.0 Å². The van der Waals surface area contributed by atoms with Crippen molar-refractivity contribution in [2.24, 2.45) is 16.8 Å². The normalized spacial score (nSPS) is 13.2. The van der Waals surface area contributed by atoms with Crippen molar-refractivity contribution in [2.75, 3.05) is 6.54 Å². The molecule has 0 saturated heterocycles. The molecule has 0 aliphatic rings. The van der Waals surface area contributed by atoms with Gasteiger partial charge in [0.2, 0.25) is 5.91 Å². The minimum Gasteiger partial charge on any atom is -0.494 e. The Morgan fingerprint density at radius 3 is 2.64 bits per heavy atom. The van der Waals surface area contributed by atoms with Crippen LogP contribution in [0.5, 0.6) is 5.88 Å². The monoisotopic (exact) mass is 343 g/mol. The van der Waals surface area contributed by atoms with Crippen molar-refractivity contribution < 1.29 is 9.90 Å². The Morgan fingerprint density at radius 2 is 1.96 bits per heavy atom. The van der Waals surface area contributed by atoms with Gasteiger partial charge in [0.1, 0.15) is 6.04 Å². The number of carbonyl (C=O) groups is 1. The van der Waals surface area contributed by atoms with Crippen molar-refractivity contribution in [1.29, 1.82) is 0 Å². The molecule has 1 amide bonds. The first-order valence-electron chi connectivity index (χ1n) is 8.99. The molecule has 1 heterocycles. The molecule has 5 heteroatoms. The van der Waals surface area contributed by atoms with E-state index in [1.54, 1.807) is 6.21 Å². The lowest BCUT2D eigenvalue weighted by molar-refractivity contribution is -0.122. The van der Waals surface area contributed by atoms with E-state index in [1.807, 2.05) is 24.3 Å². The van der Waals surface area contributed by atoms with Gasteiger partial charge in [0, 0.05) is 23.7 Å². The second-order valence-electron chi connectivity index (χ2n) is 7.33. The quantitative estimate of drug-likeness (QED) is 0.636. The Kier molecular flexibility index (Phi) is 6.62. The number of aromatic hydroxyl groups is 1. The van der Waals surface area contributed by atoms with Crippen molar-refractivity contribution in [1.82, 2.24) is 10.3 Å². The molecule has 0 spiro atoms. The number of aromatic nitrogens is 1. The largest absolute Gasteiger partial charge is 0.494 e. The summed E-state index contributed by atoms with van der Waals surface area (Å²) < 4.78 is 0. The van der Waals surface area contributed by atoms with Gasteiger partial charge in [-0.2, -0.15) is 0 Å². The van der Waals surface area contributed by atoms with Crippen LogP contribution in [0.3, 0.4) is 0 Å². The maximum atomic E-state index is 12.5. The minimum absolute atomic E-state index is 0.0510. The summed E-state index contributed by atoms with van der Waals surface area (Å²) in [4.78, 5) is 19.9. The Bertz CT molecular complexity index is 732. The van der Waals surface area contributed by atoms with Crippen LogP contribution in [0.2, 0.25) is 0 Å². The summed E-state index contributed by atoms with van der Waals surface area (Å²) in [5.41, 5.74) is 1.47. The highest BCUT2D eigenvalue weighted by molar-refractivity contribution is 6.02. The summed E-state index contributed by atoms with van der Waals surface area (Å²) in [7, 11) is 0. The van der Waals surface area contributed by atoms with E-state index in [0.29, 0.717) is 30.4 Å². The van der Waals surface area contributed by atoms with Crippen molar-refractivity contribution in [2.45, 2.75) is 46.6 Å². The molecular formula is C20H29N3O2. The molecule has 3 N–H and O–H groups in total. The summed E-state index contributed by atoms with van der Waals surface area (Å²) in [6.45, 7) is 9.09. The molecule has 0 unspecified atom stereocenters. The van der Waals surface area contributed by atoms with Gasteiger partial charge in [0.05, 0.1) is 5.56 Å². The summed E-state index contributed by atoms with van der Waals surface area (Å²) in [5.74, 6) is 0.934. The number of carbonyl (C=O) groups excluding carboxylic acids is 1. The Labute approximate surface area is 149 Å². The molecule has 0 radical (unpaired) electrons. The van der Waals surface area contributed by atoms with Crippen molar-refractivity contribution in [3.05, 3.63) is 29.8 Å². The van der Waals surface area contributed by atoms with Gasteiger partial charge in [0.25, 0.3) is 0 Å². The molecular weight excluding hydrogens is 314 g/mol. The molecule has 0 aliphatic carbocycles. The number of benzene rings is 1. The number of para-hydroxylation sites is 1. The number of rotatable bonds is 8. The smallest absolute Gasteiger partial charge is 0.244 e. The zero-order valence-corrected chi connectivity index (χ0v) is 15.5. The average Bonchev–Trinajstić information content (AvgIpc) is 2.86. The lowest BCUT2D eigenvalue weighted by Crippen LogP contribution is -2.35. The van der Waals surface area contributed by atoms with Gasteiger partial charge in [0.15, 0.2) is 5.88 Å². The van der Waals surface area contributed by atoms with Gasteiger partial charge in [-0.05, 0) is 30.7 Å². The van der Waals surface area contributed by atoms with E-state index < -0.39 is 6.04 Å². The first-order chi connectivity index (χ1) is 11.9. The van der Waals surface area contributed by atoms with E-state index in [4.69, 9.17) is 0 Å². The van der Waals surface area contributed by atoms with E-state index in [-0.39, 0.29) is 11.8 Å². The lowest BCUT2D eigenvalue weighted by Gasteiger charge is -2.15. The van der Waals surface area contributed by atoms with Crippen molar-refractivity contribution >= 4 is 23.0 Å². The molecule has 2 rings (SSSR count). The topological polar surface area (TPSA) is 77.5 Å². The first kappa shape index (κ1) is 19.0. The van der Waals surface area contributed by atoms with Gasteiger partial charge >= 0.3 is 0 Å². The van der Waals surface area contributed by atoms with Crippen LogP contribution in [0.15, 0.2) is 29.3 Å². The lowest BCUT2D eigenvalue weighted by atomic mass is 10.0. The number of H-pyrrole nitrogens is 1. The molecule has 1 aromatic heterocycles. The van der Waals surface area contributed by atoms with Gasteiger partial charge in [-0.15, -0.1) is 0 Å². The maximum Gasteiger partial charge on any atom is 0.244 e. The zero-order chi connectivity index (χ0) is 18.4. The number of nitrogens with one attached hydrogen (secondary N) is 2. The van der Waals surface area contributed by atoms with E-state index >= 15 is 0 Å². The third kappa shape index (κ3) is 5.34. The number of hydrogen-bond acceptors (Lipinski definition) is 3. The molecule has 0 fully saturated rings. The molecule has 1 aromatic carbocycles. The molecule has 1 atom stereocenters. The van der Waals surface area contributed by atoms with Crippen LogP contribution in [0.4, 0.5) is 0 Å². The van der Waals surface area contributed by atoms with Crippen LogP contribution in [0, 0.1) is 11.8 Å². The second kappa shape index (κ2) is 8.70. The van der Waals surface area contributed by atoms with Crippen LogP contribution in [0.25, 0.3) is 10.9 Å². The van der Waals surface area contributed by atoms with Gasteiger partial charge in [-0.1, -0.05) is 45.9 Å². The molecule has 5 nitrogen and oxygen atoms in total. The van der Waals surface area contributed by atoms with E-state index in [9.17, 15) is 9.90 Å². The number of nitrogens with zero attached hydrogens (tertiary/aromatic N) is 1. The fraction of sp³-hybridized carbons (Fsp3) is 0.500. The summed E-state index contributed by atoms with van der Waals surface area (Å²) >= 11 is 0. The predicted molar refractivity (Wildman–Crippen MR) is 103 cm³/mol. The number of amides is 1. The Hall–Kier alpha value is -2.30. The fourth-order valence-corrected chi connectivity index (χ4v) is 2.73. The number of fused-ring (bicyclic) bond motifs is 1. The molecule has 2 aromatic rings. The standard InChI is InChI=1S/C20H29N3O2/c1-13(2)9-10-21-20(25)18(11-14(3)4)22-12-16-15-7-5-6-8-17(15)23-19(16)24/h5-8,12-14,18,23-24H,9-11H2,1-4H3,(H,21,25)/t18-/m0/s1. The van der Waals surface area contributed by atoms with Gasteiger partial charge in [-0.3, -0.25) is 9.79 Å². The second-order valence-corrected chi connectivity index (χ2v) is 7.33. The highest BCUT2D eigenvalue weighted by Gasteiger charge is 2.18. The van der Waals surface area contributed by atoms with Crippen LogP contribution in [-0.2, 0) is 4.79 Å². The summed E-state index contributed by atoms with van der Waals surface area (Å²) in [6.07, 6.45) is 3.24. The molecule has 0 saturated carbocycles. The van der Waals surface area contributed by atoms with Crippen LogP contribution in [-0.4, -0.2) is 34.8 Å². The molecule has 0 bridgehead atoms. The van der Waals surface area contributed by atoms with Crippen LogP contribution >= 0.6 is 0 Å². The molecule has 25 heavy (non-hydrogen) atoms. The molecule has 136 valence electrons. The highest BCUT2D eigenvalue weighted by atomic mass is 16.3. The van der Waals surface area contributed by atoms with Gasteiger partial charge < -0.3 is 15.4 Å². The summed E-state index contributed by atoms with van der Waals surface area (Å²) in [5, 5.41) is 14.0. The summed E-state index contributed by atoms with van der Waals surface area (Å²) in [6, 6.07) is 7.20. The maximum absolute atomic E-state index is 12.5. The Morgan fingerprint density at radius 1 is 1.24 bits per heavy atom. The number of aromatic amines is 1. The van der Waals surface area contributed by atoms with Crippen LogP contribution < -0.4 is 5.32 Å². The van der Waals surface area contributed by atoms with Crippen molar-refractivity contribution in [3.63, 3.8) is 0 Å².